The molecule has 2 aromatic carbocycles. The minimum absolute atomic E-state index is 0.00480. The number of hydrogen-bond acceptors (Lipinski definition) is 6. The summed E-state index contributed by atoms with van der Waals surface area (Å²) in [5.74, 6) is -0.312. The number of hydrogen-bond donors (Lipinski definition) is 1. The van der Waals surface area contributed by atoms with Crippen LogP contribution < -0.4 is 14.8 Å². The molecule has 27 heavy (non-hydrogen) atoms. The van der Waals surface area contributed by atoms with Crippen molar-refractivity contribution in [1.29, 1.82) is 0 Å². The zero-order valence-electron chi connectivity index (χ0n) is 14.9. The van der Waals surface area contributed by atoms with Gasteiger partial charge in [-0.2, -0.15) is 0 Å². The molecule has 1 N–H and O–H groups in total. The van der Waals surface area contributed by atoms with Crippen molar-refractivity contribution in [3.8, 4) is 11.5 Å². The molecule has 3 rings (SSSR count). The molecular weight excluding hydrogens is 350 g/mol. The number of amides is 1. The lowest BCUT2D eigenvalue weighted by Gasteiger charge is -2.25. The summed E-state index contributed by atoms with van der Waals surface area (Å²) < 4.78 is 16.2. The van der Waals surface area contributed by atoms with Crippen molar-refractivity contribution in [3.05, 3.63) is 54.1 Å². The highest BCUT2D eigenvalue weighted by atomic mass is 16.6. The number of ether oxygens (including phenoxy) is 3. The second-order valence-electron chi connectivity index (χ2n) is 6.07. The maximum Gasteiger partial charge on any atom is 0.351 e. The fourth-order valence-corrected chi connectivity index (χ4v) is 2.50. The van der Waals surface area contributed by atoms with Crippen LogP contribution in [0.1, 0.15) is 24.2 Å². The largest absolute Gasteiger partial charge is 0.485 e. The van der Waals surface area contributed by atoms with E-state index in [4.69, 9.17) is 14.2 Å². The smallest absolute Gasteiger partial charge is 0.351 e. The van der Waals surface area contributed by atoms with Gasteiger partial charge in [0.2, 0.25) is 6.10 Å². The van der Waals surface area contributed by atoms with Gasteiger partial charge in [-0.3, -0.25) is 9.59 Å². The van der Waals surface area contributed by atoms with Crippen molar-refractivity contribution in [2.45, 2.75) is 26.1 Å². The fourth-order valence-electron chi connectivity index (χ4n) is 2.50. The van der Waals surface area contributed by atoms with Crippen molar-refractivity contribution in [3.63, 3.8) is 0 Å². The van der Waals surface area contributed by atoms with Gasteiger partial charge in [0.05, 0.1) is 0 Å². The van der Waals surface area contributed by atoms with Crippen molar-refractivity contribution in [1.82, 2.24) is 0 Å². The summed E-state index contributed by atoms with van der Waals surface area (Å²) in [5, 5.41) is 2.62. The number of Topliss-reactive ketones (excluding diaryl/α,β-unsaturated/α-hetero) is 1. The number of nitrogens with one attached hydrogen (secondary N) is 1. The molecule has 0 aromatic heterocycles. The number of rotatable bonds is 5. The zero-order chi connectivity index (χ0) is 19.4. The summed E-state index contributed by atoms with van der Waals surface area (Å²) >= 11 is 0. The van der Waals surface area contributed by atoms with Gasteiger partial charge in [-0.25, -0.2) is 4.79 Å². The highest BCUT2D eigenvalue weighted by Crippen LogP contribution is 2.31. The molecule has 1 amide bonds. The van der Waals surface area contributed by atoms with E-state index in [9.17, 15) is 14.4 Å². The Balaban J connectivity index is 1.57. The molecule has 140 valence electrons. The van der Waals surface area contributed by atoms with Crippen molar-refractivity contribution < 1.29 is 28.6 Å². The molecule has 7 nitrogen and oxygen atoms in total. The summed E-state index contributed by atoms with van der Waals surface area (Å²) in [6.07, 6.45) is -1.99. The van der Waals surface area contributed by atoms with Crippen LogP contribution in [0.2, 0.25) is 0 Å². The van der Waals surface area contributed by atoms with Gasteiger partial charge in [-0.05, 0) is 38.1 Å². The predicted molar refractivity (Wildman–Crippen MR) is 97.0 cm³/mol. The number of carbonyl (C=O) groups is 3. The second-order valence-corrected chi connectivity index (χ2v) is 6.07. The van der Waals surface area contributed by atoms with Gasteiger partial charge in [0, 0.05) is 11.3 Å². The summed E-state index contributed by atoms with van der Waals surface area (Å²) in [5.41, 5.74) is 0.922. The van der Waals surface area contributed by atoms with Crippen LogP contribution in [0.4, 0.5) is 5.69 Å². The molecule has 0 unspecified atom stereocenters. The summed E-state index contributed by atoms with van der Waals surface area (Å²) in [6.45, 7) is 2.90. The van der Waals surface area contributed by atoms with Crippen LogP contribution in [-0.4, -0.2) is 36.5 Å². The number of fused-ring (bicyclic) bond motifs is 1. The van der Waals surface area contributed by atoms with Crippen LogP contribution in [0.5, 0.6) is 11.5 Å². The molecule has 0 bridgehead atoms. The van der Waals surface area contributed by atoms with E-state index in [0.29, 0.717) is 22.7 Å². The Morgan fingerprint density at radius 1 is 1.11 bits per heavy atom. The van der Waals surface area contributed by atoms with Crippen LogP contribution in [0.25, 0.3) is 0 Å². The van der Waals surface area contributed by atoms with Gasteiger partial charge < -0.3 is 19.5 Å². The number of anilines is 1. The van der Waals surface area contributed by atoms with Crippen molar-refractivity contribution in [2.75, 3.05) is 11.9 Å². The lowest BCUT2D eigenvalue weighted by Crippen LogP contribution is -2.41. The third-order valence-corrected chi connectivity index (χ3v) is 3.97. The predicted octanol–water partition coefficient (Wildman–Crippen LogP) is 2.60. The minimum atomic E-state index is -1.04. The lowest BCUT2D eigenvalue weighted by molar-refractivity contribution is -0.162. The summed E-state index contributed by atoms with van der Waals surface area (Å²) in [4.78, 5) is 35.9. The number of esters is 1. The van der Waals surface area contributed by atoms with Gasteiger partial charge in [-0.15, -0.1) is 0 Å². The molecule has 0 radical (unpaired) electrons. The SMILES string of the molecule is CC(=O)c1cccc(NC(=O)[C@H](C)OC(=O)[C@@H]2COc3ccccc3O2)c1. The molecule has 2 aromatic rings. The monoisotopic (exact) mass is 369 g/mol. The van der Waals surface area contributed by atoms with E-state index in [1.54, 1.807) is 48.5 Å². The van der Waals surface area contributed by atoms with Crippen molar-refractivity contribution in [2.24, 2.45) is 0 Å². The third-order valence-electron chi connectivity index (χ3n) is 3.97. The first-order chi connectivity index (χ1) is 12.9. The van der Waals surface area contributed by atoms with Gasteiger partial charge in [0.1, 0.15) is 6.61 Å². The summed E-state index contributed by atoms with van der Waals surface area (Å²) in [6, 6.07) is 13.5. The molecule has 0 spiro atoms. The number of para-hydroxylation sites is 2. The van der Waals surface area contributed by atoms with E-state index in [1.165, 1.54) is 13.8 Å². The van der Waals surface area contributed by atoms with E-state index < -0.39 is 24.1 Å². The highest BCUT2D eigenvalue weighted by Gasteiger charge is 2.31. The Morgan fingerprint density at radius 2 is 1.85 bits per heavy atom. The topological polar surface area (TPSA) is 90.9 Å². The van der Waals surface area contributed by atoms with E-state index in [-0.39, 0.29) is 12.4 Å². The first kappa shape index (κ1) is 18.4. The second kappa shape index (κ2) is 7.90. The van der Waals surface area contributed by atoms with E-state index >= 15 is 0 Å². The van der Waals surface area contributed by atoms with E-state index in [2.05, 4.69) is 5.32 Å². The maximum absolute atomic E-state index is 12.3. The van der Waals surface area contributed by atoms with Crippen LogP contribution in [0.3, 0.4) is 0 Å². The standard InChI is InChI=1S/C20H19NO6/c1-12(22)14-6-5-7-15(10-14)21-19(23)13(2)26-20(24)18-11-25-16-8-3-4-9-17(16)27-18/h3-10,13,18H,11H2,1-2H3,(H,21,23)/t13-,18-/m0/s1. The normalized spacial score (nSPS) is 16.1. The van der Waals surface area contributed by atoms with Gasteiger partial charge >= 0.3 is 5.97 Å². The third kappa shape index (κ3) is 4.44. The quantitative estimate of drug-likeness (QED) is 0.643. The molecule has 1 heterocycles. The average Bonchev–Trinajstić information content (AvgIpc) is 2.67. The van der Waals surface area contributed by atoms with E-state index in [0.717, 1.165) is 0 Å². The van der Waals surface area contributed by atoms with Crippen LogP contribution >= 0.6 is 0 Å². The maximum atomic E-state index is 12.3. The Bertz CT molecular complexity index is 878. The molecule has 7 heteroatoms. The van der Waals surface area contributed by atoms with Crippen LogP contribution in [0.15, 0.2) is 48.5 Å². The van der Waals surface area contributed by atoms with Gasteiger partial charge in [0.25, 0.3) is 5.91 Å². The zero-order valence-corrected chi connectivity index (χ0v) is 14.9. The molecule has 0 saturated carbocycles. The molecule has 0 fully saturated rings. The van der Waals surface area contributed by atoms with Crippen molar-refractivity contribution >= 4 is 23.3 Å². The van der Waals surface area contributed by atoms with E-state index in [1.807, 2.05) is 0 Å². The van der Waals surface area contributed by atoms with Gasteiger partial charge in [-0.1, -0.05) is 24.3 Å². The number of carbonyl (C=O) groups excluding carboxylic acids is 3. The lowest BCUT2D eigenvalue weighted by atomic mass is 10.1. The summed E-state index contributed by atoms with van der Waals surface area (Å²) in [7, 11) is 0. The Morgan fingerprint density at radius 3 is 2.59 bits per heavy atom. The van der Waals surface area contributed by atoms with Crippen LogP contribution in [0, 0.1) is 0 Å². The molecule has 0 saturated heterocycles. The fraction of sp³-hybridized carbons (Fsp3) is 0.250. The Labute approximate surface area is 156 Å². The molecule has 1 aliphatic rings. The Hall–Kier alpha value is -3.35. The molecular formula is C20H19NO6. The Kier molecular flexibility index (Phi) is 5.40. The first-order valence-corrected chi connectivity index (χ1v) is 8.45. The van der Waals surface area contributed by atoms with Crippen LogP contribution in [-0.2, 0) is 14.3 Å². The molecule has 1 aliphatic heterocycles. The van der Waals surface area contributed by atoms with Gasteiger partial charge in [0.15, 0.2) is 23.4 Å². The average molecular weight is 369 g/mol. The minimum Gasteiger partial charge on any atom is -0.485 e. The molecule has 2 atom stereocenters. The highest BCUT2D eigenvalue weighted by molar-refractivity contribution is 5.98. The number of benzene rings is 2. The molecule has 0 aliphatic carbocycles. The first-order valence-electron chi connectivity index (χ1n) is 8.45. The number of ketones is 1.